The molecule has 1 saturated heterocycles. The lowest BCUT2D eigenvalue weighted by Gasteiger charge is -2.36. The quantitative estimate of drug-likeness (QED) is 0.572. The van der Waals surface area contributed by atoms with E-state index in [0.717, 1.165) is 39.8 Å². The summed E-state index contributed by atoms with van der Waals surface area (Å²) in [6, 6.07) is 11.0. The number of carboxylic acids is 1. The number of halogens is 1. The van der Waals surface area contributed by atoms with E-state index in [1.165, 1.54) is 0 Å². The fourth-order valence-corrected chi connectivity index (χ4v) is 4.55. The summed E-state index contributed by atoms with van der Waals surface area (Å²) < 4.78 is 19.9. The van der Waals surface area contributed by atoms with Crippen LogP contribution in [0.5, 0.6) is 5.75 Å². The van der Waals surface area contributed by atoms with Crippen LogP contribution in [0.3, 0.4) is 0 Å². The minimum absolute atomic E-state index is 0.0804. The molecule has 4 rings (SSSR count). The van der Waals surface area contributed by atoms with Crippen LogP contribution < -0.4 is 4.74 Å². The van der Waals surface area contributed by atoms with Gasteiger partial charge in [-0.3, -0.25) is 4.90 Å². The zero-order valence-corrected chi connectivity index (χ0v) is 18.5. The highest BCUT2D eigenvalue weighted by atomic mass is 19.1. The van der Waals surface area contributed by atoms with Gasteiger partial charge in [0.1, 0.15) is 5.75 Å². The van der Waals surface area contributed by atoms with E-state index in [-0.39, 0.29) is 18.2 Å². The fraction of sp³-hybridized carbons (Fsp3) is 0.400. The standard InChI is InChI=1S/C25H29FN3O3/c1-16-12-23(32-2)21(20-9-10-28-24(16)20)15-29-11-3-4-19(26)13-27-14-22(29)17-5-7-18(8-6-17)25(30)31/h5-10,12,19,22,28H,3-4,11,13-15H2,1-2H3,(H,30,31)/q-1/t19-,22?/m0/s1. The molecule has 0 bridgehead atoms. The van der Waals surface area contributed by atoms with Crippen molar-refractivity contribution < 1.29 is 19.0 Å². The number of aromatic nitrogens is 1. The van der Waals surface area contributed by atoms with Crippen molar-refractivity contribution in [3.63, 3.8) is 0 Å². The molecule has 2 heterocycles. The number of carbonyl (C=O) groups is 1. The zero-order chi connectivity index (χ0) is 22.7. The van der Waals surface area contributed by atoms with Crippen molar-refractivity contribution in [2.45, 2.75) is 38.5 Å². The number of nitrogens with zero attached hydrogens (tertiary/aromatic N) is 2. The first-order valence-electron chi connectivity index (χ1n) is 11.0. The summed E-state index contributed by atoms with van der Waals surface area (Å²) in [5, 5.41) is 14.9. The van der Waals surface area contributed by atoms with Crippen molar-refractivity contribution in [1.29, 1.82) is 0 Å². The number of aryl methyl sites for hydroxylation is 1. The Kier molecular flexibility index (Phi) is 6.77. The second kappa shape index (κ2) is 9.71. The number of ether oxygens (including phenoxy) is 1. The minimum Gasteiger partial charge on any atom is -0.658 e. The molecule has 0 aliphatic carbocycles. The van der Waals surface area contributed by atoms with Crippen molar-refractivity contribution in [3.05, 3.63) is 70.2 Å². The molecule has 2 atom stereocenters. The normalized spacial score (nSPS) is 20.5. The van der Waals surface area contributed by atoms with Gasteiger partial charge in [0, 0.05) is 35.2 Å². The Morgan fingerprint density at radius 3 is 2.78 bits per heavy atom. The average molecular weight is 439 g/mol. The Balaban J connectivity index is 1.72. The average Bonchev–Trinajstić information content (AvgIpc) is 3.30. The zero-order valence-electron chi connectivity index (χ0n) is 18.5. The Labute approximate surface area is 187 Å². The Morgan fingerprint density at radius 2 is 2.06 bits per heavy atom. The largest absolute Gasteiger partial charge is 0.658 e. The molecule has 0 saturated carbocycles. The van der Waals surface area contributed by atoms with Gasteiger partial charge in [-0.2, -0.15) is 0 Å². The van der Waals surface area contributed by atoms with Crippen LogP contribution in [0.15, 0.2) is 42.6 Å². The molecule has 6 nitrogen and oxygen atoms in total. The van der Waals surface area contributed by atoms with E-state index in [0.29, 0.717) is 26.1 Å². The minimum atomic E-state index is -0.952. The van der Waals surface area contributed by atoms with Gasteiger partial charge < -0.3 is 20.1 Å². The van der Waals surface area contributed by atoms with E-state index in [1.54, 1.807) is 19.2 Å². The van der Waals surface area contributed by atoms with Gasteiger partial charge in [0.15, 0.2) is 0 Å². The van der Waals surface area contributed by atoms with Gasteiger partial charge in [0.05, 0.1) is 18.8 Å². The number of carboxylic acid groups (broad SMARTS) is 1. The lowest BCUT2D eigenvalue weighted by atomic mass is 10.00. The van der Waals surface area contributed by atoms with Gasteiger partial charge in [0.25, 0.3) is 0 Å². The number of hydrogen-bond acceptors (Lipinski definition) is 3. The number of benzene rings is 2. The van der Waals surface area contributed by atoms with Gasteiger partial charge in [-0.1, -0.05) is 12.1 Å². The molecule has 170 valence electrons. The first-order chi connectivity index (χ1) is 15.5. The Hall–Kier alpha value is -2.90. The lowest BCUT2D eigenvalue weighted by molar-refractivity contribution is 0.0697. The maximum Gasteiger partial charge on any atom is 0.335 e. The van der Waals surface area contributed by atoms with Crippen molar-refractivity contribution in [1.82, 2.24) is 9.88 Å². The van der Waals surface area contributed by atoms with Crippen molar-refractivity contribution >= 4 is 16.9 Å². The number of nitrogens with one attached hydrogen (secondary N) is 1. The van der Waals surface area contributed by atoms with Crippen molar-refractivity contribution in [2.24, 2.45) is 0 Å². The van der Waals surface area contributed by atoms with Gasteiger partial charge in [-0.15, -0.1) is 13.1 Å². The number of fused-ring (bicyclic) bond motifs is 1. The topological polar surface area (TPSA) is 79.7 Å². The van der Waals surface area contributed by atoms with Gasteiger partial charge in [-0.25, -0.2) is 9.18 Å². The number of H-pyrrole nitrogens is 1. The molecule has 0 radical (unpaired) electrons. The number of hydrogen-bond donors (Lipinski definition) is 2. The molecule has 0 spiro atoms. The summed E-state index contributed by atoms with van der Waals surface area (Å²) in [6.45, 7) is 4.04. The second-order valence-corrected chi connectivity index (χ2v) is 8.38. The molecule has 1 fully saturated rings. The second-order valence-electron chi connectivity index (χ2n) is 8.38. The van der Waals surface area contributed by atoms with E-state index in [9.17, 15) is 14.3 Å². The molecule has 7 heteroatoms. The molecule has 1 unspecified atom stereocenters. The van der Waals surface area contributed by atoms with Crippen LogP contribution in [0.25, 0.3) is 16.2 Å². The molecular formula is C25H29FN3O3-. The van der Waals surface area contributed by atoms with Crippen LogP contribution in [0, 0.1) is 6.92 Å². The highest BCUT2D eigenvalue weighted by Gasteiger charge is 2.23. The van der Waals surface area contributed by atoms with E-state index in [2.05, 4.69) is 28.2 Å². The molecule has 3 aromatic rings. The number of aromatic amines is 1. The van der Waals surface area contributed by atoms with Crippen LogP contribution in [0.1, 0.15) is 45.9 Å². The van der Waals surface area contributed by atoms with E-state index in [1.807, 2.05) is 24.4 Å². The van der Waals surface area contributed by atoms with Crippen LogP contribution >= 0.6 is 0 Å². The summed E-state index contributed by atoms with van der Waals surface area (Å²) in [4.78, 5) is 16.9. The smallest absolute Gasteiger partial charge is 0.335 e. The number of methoxy groups -OCH3 is 1. The SMILES string of the molecule is COc1cc(C)c2[nH]ccc2c1CN1CCC[C@H](F)C[N-]CC1c1ccc(C(=O)O)cc1. The van der Waals surface area contributed by atoms with Crippen LogP contribution in [-0.2, 0) is 6.54 Å². The predicted octanol–water partition coefficient (Wildman–Crippen LogP) is 5.23. The number of alkyl halides is 1. The highest BCUT2D eigenvalue weighted by Crippen LogP contribution is 2.35. The van der Waals surface area contributed by atoms with E-state index in [4.69, 9.17) is 4.74 Å². The molecule has 0 amide bonds. The van der Waals surface area contributed by atoms with E-state index >= 15 is 0 Å². The summed E-state index contributed by atoms with van der Waals surface area (Å²) in [5.74, 6) is -0.123. The van der Waals surface area contributed by atoms with Crippen molar-refractivity contribution in [2.75, 3.05) is 26.7 Å². The predicted molar refractivity (Wildman–Crippen MR) is 123 cm³/mol. The molecule has 1 aromatic heterocycles. The molecule has 2 aromatic carbocycles. The maximum atomic E-state index is 14.2. The third-order valence-corrected chi connectivity index (χ3v) is 6.27. The summed E-state index contributed by atoms with van der Waals surface area (Å²) >= 11 is 0. The third-order valence-electron chi connectivity index (χ3n) is 6.27. The van der Waals surface area contributed by atoms with Crippen LogP contribution in [0.2, 0.25) is 0 Å². The van der Waals surface area contributed by atoms with Gasteiger partial charge in [-0.05, 0) is 61.7 Å². The monoisotopic (exact) mass is 438 g/mol. The number of rotatable bonds is 5. The summed E-state index contributed by atoms with van der Waals surface area (Å²) in [5.41, 5.74) is 4.51. The fourth-order valence-electron chi connectivity index (χ4n) is 4.55. The molecule has 2 N–H and O–H groups in total. The molecular weight excluding hydrogens is 409 g/mol. The molecule has 1 aliphatic rings. The third kappa shape index (κ3) is 4.64. The van der Waals surface area contributed by atoms with Gasteiger partial charge >= 0.3 is 5.97 Å². The number of aromatic carboxylic acids is 1. The van der Waals surface area contributed by atoms with E-state index < -0.39 is 12.1 Å². The molecule has 1 aliphatic heterocycles. The lowest BCUT2D eigenvalue weighted by Crippen LogP contribution is -2.31. The maximum absolute atomic E-state index is 14.2. The first kappa shape index (κ1) is 22.3. The van der Waals surface area contributed by atoms with Crippen molar-refractivity contribution in [3.8, 4) is 5.75 Å². The Morgan fingerprint density at radius 1 is 1.28 bits per heavy atom. The highest BCUT2D eigenvalue weighted by molar-refractivity contribution is 5.88. The van der Waals surface area contributed by atoms with Crippen LogP contribution in [-0.4, -0.2) is 53.9 Å². The van der Waals surface area contributed by atoms with Gasteiger partial charge in [0.2, 0.25) is 0 Å². The first-order valence-corrected chi connectivity index (χ1v) is 11.0. The Bertz CT molecular complexity index is 1080. The summed E-state index contributed by atoms with van der Waals surface area (Å²) in [6.07, 6.45) is 2.22. The van der Waals surface area contributed by atoms with Crippen LogP contribution in [0.4, 0.5) is 4.39 Å². The molecule has 32 heavy (non-hydrogen) atoms. The summed E-state index contributed by atoms with van der Waals surface area (Å²) in [7, 11) is 1.68.